The summed E-state index contributed by atoms with van der Waals surface area (Å²) in [6.07, 6.45) is 2.77. The van der Waals surface area contributed by atoms with E-state index in [1.807, 2.05) is 12.1 Å². The van der Waals surface area contributed by atoms with Crippen molar-refractivity contribution < 1.29 is 33.4 Å². The van der Waals surface area contributed by atoms with Crippen LogP contribution in [0.1, 0.15) is 61.5 Å². The minimum atomic E-state index is -0.838. The van der Waals surface area contributed by atoms with E-state index in [1.165, 1.54) is 24.3 Å². The molecule has 200 valence electrons. The maximum absolute atomic E-state index is 12.9. The second-order valence-corrected chi connectivity index (χ2v) is 9.70. The van der Waals surface area contributed by atoms with Gasteiger partial charge in [-0.2, -0.15) is 0 Å². The fraction of sp³-hybridized carbons (Fsp3) is 0.464. The van der Waals surface area contributed by atoms with Crippen molar-refractivity contribution in [1.82, 2.24) is 10.6 Å². The lowest BCUT2D eigenvalue weighted by molar-refractivity contribution is -0.138. The van der Waals surface area contributed by atoms with Crippen LogP contribution in [0.4, 0.5) is 8.78 Å². The molecule has 0 aromatic heterocycles. The summed E-state index contributed by atoms with van der Waals surface area (Å²) < 4.78 is 25.8. The van der Waals surface area contributed by atoms with Crippen molar-refractivity contribution >= 4 is 17.8 Å². The summed E-state index contributed by atoms with van der Waals surface area (Å²) in [4.78, 5) is 32.8. The third-order valence-corrected chi connectivity index (χ3v) is 7.20. The number of carboxylic acids is 2. The van der Waals surface area contributed by atoms with Gasteiger partial charge in [-0.1, -0.05) is 24.3 Å². The van der Waals surface area contributed by atoms with Crippen LogP contribution in [0, 0.1) is 23.5 Å². The van der Waals surface area contributed by atoms with Crippen molar-refractivity contribution in [3.63, 3.8) is 0 Å². The van der Waals surface area contributed by atoms with Crippen LogP contribution in [0.15, 0.2) is 48.5 Å². The highest BCUT2D eigenvalue weighted by Crippen LogP contribution is 2.34. The molecule has 4 N–H and O–H groups in total. The monoisotopic (exact) mass is 516 g/mol. The number of carboxylic acid groups (broad SMARTS) is 2. The molecule has 0 radical (unpaired) electrons. The quantitative estimate of drug-likeness (QED) is 0.416. The minimum Gasteiger partial charge on any atom is -0.481 e. The summed E-state index contributed by atoms with van der Waals surface area (Å²) in [7, 11) is 0. The van der Waals surface area contributed by atoms with Gasteiger partial charge in [0, 0.05) is 25.8 Å². The molecule has 2 aliphatic heterocycles. The zero-order valence-electron chi connectivity index (χ0n) is 20.7. The normalized spacial score (nSPS) is 23.4. The zero-order chi connectivity index (χ0) is 26.8. The molecule has 0 saturated carbocycles. The first kappa shape index (κ1) is 28.2. The first-order valence-electron chi connectivity index (χ1n) is 12.6. The van der Waals surface area contributed by atoms with Gasteiger partial charge in [-0.25, -0.2) is 8.78 Å². The zero-order valence-corrected chi connectivity index (χ0v) is 20.7. The van der Waals surface area contributed by atoms with E-state index >= 15 is 0 Å². The number of benzene rings is 2. The van der Waals surface area contributed by atoms with Gasteiger partial charge in [-0.3, -0.25) is 14.4 Å². The van der Waals surface area contributed by atoms with Crippen LogP contribution in [-0.2, 0) is 14.4 Å². The fourth-order valence-corrected chi connectivity index (χ4v) is 5.22. The number of hydrogen-bond acceptors (Lipinski definition) is 4. The van der Waals surface area contributed by atoms with Gasteiger partial charge in [0.25, 0.3) is 0 Å². The molecule has 2 heterocycles. The number of hydrogen-bond donors (Lipinski definition) is 4. The number of piperidine rings is 2. The number of aliphatic carboxylic acids is 2. The Morgan fingerprint density at radius 1 is 0.784 bits per heavy atom. The lowest BCUT2D eigenvalue weighted by Crippen LogP contribution is -2.39. The van der Waals surface area contributed by atoms with Gasteiger partial charge in [0.2, 0.25) is 5.91 Å². The van der Waals surface area contributed by atoms with Crippen LogP contribution in [-0.4, -0.2) is 47.7 Å². The summed E-state index contributed by atoms with van der Waals surface area (Å²) >= 11 is 0. The van der Waals surface area contributed by atoms with Crippen molar-refractivity contribution in [2.45, 2.75) is 50.4 Å². The summed E-state index contributed by atoms with van der Waals surface area (Å²) in [5, 5.41) is 23.6. The first-order valence-corrected chi connectivity index (χ1v) is 12.6. The molecule has 7 nitrogen and oxygen atoms in total. The second-order valence-electron chi connectivity index (χ2n) is 9.70. The fourth-order valence-electron chi connectivity index (χ4n) is 5.22. The molecule has 9 heteroatoms. The molecule has 4 unspecified atom stereocenters. The molecule has 37 heavy (non-hydrogen) atoms. The number of amides is 1. The van der Waals surface area contributed by atoms with Crippen molar-refractivity contribution in [1.29, 1.82) is 0 Å². The van der Waals surface area contributed by atoms with Crippen LogP contribution < -0.4 is 10.6 Å². The Morgan fingerprint density at radius 2 is 1.27 bits per heavy atom. The molecule has 2 saturated heterocycles. The molecule has 0 spiro atoms. The third kappa shape index (κ3) is 8.93. The number of halogens is 2. The predicted octanol–water partition coefficient (Wildman–Crippen LogP) is 4.29. The van der Waals surface area contributed by atoms with E-state index in [9.17, 15) is 23.2 Å². The maximum Gasteiger partial charge on any atom is 0.303 e. The molecule has 0 bridgehead atoms. The van der Waals surface area contributed by atoms with E-state index in [0.717, 1.165) is 30.6 Å². The standard InChI is InChI=1S/C14H16FNO3.C14H18FNO2/c15-11-4-1-9(2-5-11)12-7-13(17)16-8-10(12)3-6-14(18)19;15-12-4-1-10(2-5-12)13-7-8-16-9-11(13)3-6-14(17)18/h1-2,4-5,10,12H,3,6-8H2,(H,16,17)(H,18,19);1-2,4-5,11,13,16H,3,6-9H2,(H,17,18). The van der Waals surface area contributed by atoms with E-state index in [2.05, 4.69) is 10.6 Å². The molecule has 4 rings (SSSR count). The lowest BCUT2D eigenvalue weighted by Gasteiger charge is -2.32. The van der Waals surface area contributed by atoms with Gasteiger partial charge < -0.3 is 20.8 Å². The molecular weight excluding hydrogens is 482 g/mol. The molecule has 1 amide bonds. The molecule has 4 atom stereocenters. The summed E-state index contributed by atoms with van der Waals surface area (Å²) in [6.45, 7) is 2.26. The summed E-state index contributed by atoms with van der Waals surface area (Å²) in [6, 6.07) is 12.7. The van der Waals surface area contributed by atoms with E-state index in [-0.39, 0.29) is 42.2 Å². The minimum absolute atomic E-state index is 0.0336. The molecule has 2 aromatic carbocycles. The van der Waals surface area contributed by atoms with E-state index < -0.39 is 11.9 Å². The molecular formula is C28H34F2N2O5. The lowest BCUT2D eigenvalue weighted by atomic mass is 9.78. The molecule has 0 aliphatic carbocycles. The number of carbonyl (C=O) groups excluding carboxylic acids is 1. The summed E-state index contributed by atoms with van der Waals surface area (Å²) in [5.41, 5.74) is 2.01. The Labute approximate surface area is 215 Å². The smallest absolute Gasteiger partial charge is 0.303 e. The Morgan fingerprint density at radius 3 is 1.78 bits per heavy atom. The third-order valence-electron chi connectivity index (χ3n) is 7.20. The van der Waals surface area contributed by atoms with Gasteiger partial charge in [-0.15, -0.1) is 0 Å². The van der Waals surface area contributed by atoms with Gasteiger partial charge in [0.1, 0.15) is 11.6 Å². The maximum atomic E-state index is 12.9. The second kappa shape index (κ2) is 13.8. The predicted molar refractivity (Wildman–Crippen MR) is 134 cm³/mol. The average molecular weight is 517 g/mol. The Hall–Kier alpha value is -3.33. The topological polar surface area (TPSA) is 116 Å². The van der Waals surface area contributed by atoms with Crippen molar-refractivity contribution in [3.8, 4) is 0 Å². The van der Waals surface area contributed by atoms with Gasteiger partial charge in [0.15, 0.2) is 0 Å². The van der Waals surface area contributed by atoms with E-state index in [1.54, 1.807) is 12.1 Å². The largest absolute Gasteiger partial charge is 0.481 e. The highest BCUT2D eigenvalue weighted by molar-refractivity contribution is 5.78. The van der Waals surface area contributed by atoms with Crippen LogP contribution in [0.2, 0.25) is 0 Å². The Bertz CT molecular complexity index is 1050. The highest BCUT2D eigenvalue weighted by Gasteiger charge is 2.30. The van der Waals surface area contributed by atoms with E-state index in [4.69, 9.17) is 10.2 Å². The Kier molecular flexibility index (Phi) is 10.6. The van der Waals surface area contributed by atoms with Gasteiger partial charge in [-0.05, 0) is 91.4 Å². The van der Waals surface area contributed by atoms with Crippen LogP contribution in [0.3, 0.4) is 0 Å². The number of rotatable bonds is 8. The number of nitrogens with one attached hydrogen (secondary N) is 2. The van der Waals surface area contributed by atoms with Crippen LogP contribution in [0.5, 0.6) is 0 Å². The van der Waals surface area contributed by atoms with Crippen molar-refractivity contribution in [3.05, 3.63) is 71.3 Å². The summed E-state index contributed by atoms with van der Waals surface area (Å²) in [5.74, 6) is -1.46. The Balaban J connectivity index is 0.000000206. The van der Waals surface area contributed by atoms with Crippen molar-refractivity contribution in [2.24, 2.45) is 11.8 Å². The SMILES string of the molecule is O=C(O)CCC1CNC(=O)CC1c1ccc(F)cc1.O=C(O)CCC1CNCCC1c1ccc(F)cc1. The molecule has 2 aromatic rings. The average Bonchev–Trinajstić information content (AvgIpc) is 2.88. The molecule has 2 aliphatic rings. The van der Waals surface area contributed by atoms with Gasteiger partial charge >= 0.3 is 11.9 Å². The van der Waals surface area contributed by atoms with Gasteiger partial charge in [0.05, 0.1) is 0 Å². The van der Waals surface area contributed by atoms with Crippen molar-refractivity contribution in [2.75, 3.05) is 19.6 Å². The highest BCUT2D eigenvalue weighted by atomic mass is 19.1. The first-order chi connectivity index (χ1) is 17.7. The molecule has 2 fully saturated rings. The number of carbonyl (C=O) groups is 3. The van der Waals surface area contributed by atoms with Crippen LogP contribution in [0.25, 0.3) is 0 Å². The van der Waals surface area contributed by atoms with Crippen LogP contribution >= 0.6 is 0 Å². The van der Waals surface area contributed by atoms with E-state index in [0.29, 0.717) is 37.6 Å².